The summed E-state index contributed by atoms with van der Waals surface area (Å²) in [5.41, 5.74) is -1.20. The van der Waals surface area contributed by atoms with Gasteiger partial charge in [-0.2, -0.15) is 0 Å². The zero-order valence-corrected chi connectivity index (χ0v) is 13.0. The minimum absolute atomic E-state index is 0.116. The monoisotopic (exact) mass is 307 g/mol. The second-order valence-electron chi connectivity index (χ2n) is 6.70. The summed E-state index contributed by atoms with van der Waals surface area (Å²) in [5.74, 6) is 0.987. The van der Waals surface area contributed by atoms with Crippen LogP contribution in [0, 0.1) is 5.92 Å². The van der Waals surface area contributed by atoms with E-state index in [1.165, 1.54) is 19.1 Å². The Bertz CT molecular complexity index is 497. The van der Waals surface area contributed by atoms with E-state index in [4.69, 9.17) is 4.42 Å². The summed E-state index contributed by atoms with van der Waals surface area (Å²) in [6, 6.07) is 3.99. The summed E-state index contributed by atoms with van der Waals surface area (Å²) in [6.45, 7) is 4.68. The molecular formula is C16H25N3O3. The van der Waals surface area contributed by atoms with Crippen LogP contribution in [0.15, 0.2) is 22.8 Å². The van der Waals surface area contributed by atoms with Crippen LogP contribution in [0.3, 0.4) is 0 Å². The quantitative estimate of drug-likeness (QED) is 0.739. The highest BCUT2D eigenvalue weighted by molar-refractivity contribution is 5.73. The highest BCUT2D eigenvalue weighted by Crippen LogP contribution is 2.31. The fourth-order valence-electron chi connectivity index (χ4n) is 3.02. The Morgan fingerprint density at radius 3 is 2.95 bits per heavy atom. The highest BCUT2D eigenvalue weighted by atomic mass is 16.4. The van der Waals surface area contributed by atoms with E-state index >= 15 is 0 Å². The minimum Gasteiger partial charge on any atom is -0.466 e. The maximum Gasteiger partial charge on any atom is 0.314 e. The number of furan rings is 1. The van der Waals surface area contributed by atoms with E-state index in [0.29, 0.717) is 18.2 Å². The SMILES string of the molecule is C[C@@](O)(CNC(=O)NC[C@@H]1CCN(C2CC2)C1)c1ccco1. The molecule has 1 aromatic heterocycles. The van der Waals surface area contributed by atoms with E-state index in [-0.39, 0.29) is 12.6 Å². The zero-order valence-electron chi connectivity index (χ0n) is 13.0. The number of carbonyl (C=O) groups is 1. The Morgan fingerprint density at radius 1 is 1.45 bits per heavy atom. The molecule has 22 heavy (non-hydrogen) atoms. The van der Waals surface area contributed by atoms with Crippen LogP contribution in [0.1, 0.15) is 31.9 Å². The zero-order chi connectivity index (χ0) is 15.6. The average Bonchev–Trinajstić information content (AvgIpc) is 3.02. The Morgan fingerprint density at radius 2 is 2.27 bits per heavy atom. The molecule has 2 aliphatic rings. The lowest BCUT2D eigenvalue weighted by molar-refractivity contribution is 0.0367. The normalized spacial score (nSPS) is 24.9. The Kier molecular flexibility index (Phi) is 4.40. The van der Waals surface area contributed by atoms with Crippen LogP contribution in [0.2, 0.25) is 0 Å². The molecular weight excluding hydrogens is 282 g/mol. The minimum atomic E-state index is -1.20. The molecule has 0 bridgehead atoms. The van der Waals surface area contributed by atoms with Crippen molar-refractivity contribution in [2.75, 3.05) is 26.2 Å². The molecule has 0 unspecified atom stereocenters. The van der Waals surface area contributed by atoms with Gasteiger partial charge in [0.25, 0.3) is 0 Å². The maximum atomic E-state index is 11.9. The van der Waals surface area contributed by atoms with Gasteiger partial charge in [-0.15, -0.1) is 0 Å². The molecule has 1 aromatic rings. The van der Waals surface area contributed by atoms with Crippen molar-refractivity contribution in [3.05, 3.63) is 24.2 Å². The number of nitrogens with zero attached hydrogens (tertiary/aromatic N) is 1. The van der Waals surface area contributed by atoms with Gasteiger partial charge in [-0.25, -0.2) is 4.79 Å². The summed E-state index contributed by atoms with van der Waals surface area (Å²) in [7, 11) is 0. The number of aliphatic hydroxyl groups is 1. The van der Waals surface area contributed by atoms with Crippen molar-refractivity contribution in [3.8, 4) is 0 Å². The molecule has 0 radical (unpaired) electrons. The molecule has 3 rings (SSSR count). The average molecular weight is 307 g/mol. The number of rotatable bonds is 6. The van der Waals surface area contributed by atoms with E-state index in [1.807, 2.05) is 0 Å². The van der Waals surface area contributed by atoms with Crippen LogP contribution in [0.4, 0.5) is 4.79 Å². The number of nitrogens with one attached hydrogen (secondary N) is 2. The molecule has 2 heterocycles. The number of hydrogen-bond acceptors (Lipinski definition) is 4. The van der Waals surface area contributed by atoms with Crippen molar-refractivity contribution >= 4 is 6.03 Å². The molecule has 3 N–H and O–H groups in total. The highest BCUT2D eigenvalue weighted by Gasteiger charge is 2.34. The van der Waals surface area contributed by atoms with Crippen molar-refractivity contribution < 1.29 is 14.3 Å². The van der Waals surface area contributed by atoms with Gasteiger partial charge in [-0.05, 0) is 50.8 Å². The fourth-order valence-corrected chi connectivity index (χ4v) is 3.02. The van der Waals surface area contributed by atoms with E-state index < -0.39 is 5.60 Å². The van der Waals surface area contributed by atoms with Crippen LogP contribution < -0.4 is 10.6 Å². The van der Waals surface area contributed by atoms with Gasteiger partial charge < -0.3 is 25.1 Å². The molecule has 1 saturated carbocycles. The first-order valence-corrected chi connectivity index (χ1v) is 8.07. The third-order valence-corrected chi connectivity index (χ3v) is 4.58. The Hall–Kier alpha value is -1.53. The van der Waals surface area contributed by atoms with Crippen molar-refractivity contribution in [1.29, 1.82) is 0 Å². The molecule has 2 fully saturated rings. The van der Waals surface area contributed by atoms with Crippen LogP contribution in [0.25, 0.3) is 0 Å². The molecule has 2 amide bonds. The summed E-state index contributed by atoms with van der Waals surface area (Å²) < 4.78 is 5.18. The summed E-state index contributed by atoms with van der Waals surface area (Å²) in [6.07, 6.45) is 5.33. The van der Waals surface area contributed by atoms with Crippen LogP contribution >= 0.6 is 0 Å². The van der Waals surface area contributed by atoms with Gasteiger partial charge in [0.1, 0.15) is 11.4 Å². The van der Waals surface area contributed by atoms with Crippen LogP contribution in [-0.4, -0.2) is 48.3 Å². The first-order valence-electron chi connectivity index (χ1n) is 8.07. The number of likely N-dealkylation sites (tertiary alicyclic amines) is 1. The number of urea groups is 1. The predicted molar refractivity (Wildman–Crippen MR) is 82.4 cm³/mol. The molecule has 0 spiro atoms. The molecule has 2 atom stereocenters. The molecule has 6 heteroatoms. The summed E-state index contributed by atoms with van der Waals surface area (Å²) >= 11 is 0. The molecule has 1 aliphatic carbocycles. The van der Waals surface area contributed by atoms with Gasteiger partial charge in [0.2, 0.25) is 0 Å². The number of hydrogen-bond donors (Lipinski definition) is 3. The lowest BCUT2D eigenvalue weighted by Crippen LogP contribution is -2.44. The van der Waals surface area contributed by atoms with Crippen molar-refractivity contribution in [3.63, 3.8) is 0 Å². The molecule has 6 nitrogen and oxygen atoms in total. The third kappa shape index (κ3) is 3.81. The van der Waals surface area contributed by atoms with Gasteiger partial charge in [0.15, 0.2) is 0 Å². The predicted octanol–water partition coefficient (Wildman–Crippen LogP) is 1.27. The third-order valence-electron chi connectivity index (χ3n) is 4.58. The van der Waals surface area contributed by atoms with Gasteiger partial charge in [-0.1, -0.05) is 0 Å². The summed E-state index contributed by atoms with van der Waals surface area (Å²) in [4.78, 5) is 14.4. The van der Waals surface area contributed by atoms with E-state index in [0.717, 1.165) is 25.6 Å². The summed E-state index contributed by atoms with van der Waals surface area (Å²) in [5, 5.41) is 15.9. The second kappa shape index (κ2) is 6.30. The maximum absolute atomic E-state index is 11.9. The fraction of sp³-hybridized carbons (Fsp3) is 0.688. The van der Waals surface area contributed by atoms with Gasteiger partial charge >= 0.3 is 6.03 Å². The lowest BCUT2D eigenvalue weighted by atomic mass is 10.0. The first kappa shape index (κ1) is 15.4. The number of amides is 2. The molecule has 0 aromatic carbocycles. The molecule has 1 aliphatic heterocycles. The van der Waals surface area contributed by atoms with Crippen LogP contribution in [0.5, 0.6) is 0 Å². The first-order chi connectivity index (χ1) is 10.5. The molecule has 1 saturated heterocycles. The van der Waals surface area contributed by atoms with Crippen molar-refractivity contribution in [2.45, 2.75) is 37.8 Å². The second-order valence-corrected chi connectivity index (χ2v) is 6.70. The lowest BCUT2D eigenvalue weighted by Gasteiger charge is -2.21. The Balaban J connectivity index is 1.36. The number of carbonyl (C=O) groups excluding carboxylic acids is 1. The van der Waals surface area contributed by atoms with E-state index in [2.05, 4.69) is 15.5 Å². The Labute approximate surface area is 130 Å². The van der Waals surface area contributed by atoms with Crippen molar-refractivity contribution in [2.24, 2.45) is 5.92 Å². The smallest absolute Gasteiger partial charge is 0.314 e. The molecule has 122 valence electrons. The topological polar surface area (TPSA) is 77.7 Å². The van der Waals surface area contributed by atoms with Crippen LogP contribution in [-0.2, 0) is 5.60 Å². The standard InChI is InChI=1S/C16H25N3O3/c1-16(21,14-3-2-8-22-14)11-18-15(20)17-9-12-6-7-19(10-12)13-4-5-13/h2-3,8,12-13,21H,4-7,9-11H2,1H3,(H2,17,18,20)/t12-,16+/m0/s1. The van der Waals surface area contributed by atoms with Gasteiger partial charge in [0.05, 0.1) is 12.8 Å². The largest absolute Gasteiger partial charge is 0.466 e. The van der Waals surface area contributed by atoms with E-state index in [1.54, 1.807) is 19.1 Å². The van der Waals surface area contributed by atoms with E-state index in [9.17, 15) is 9.90 Å². The van der Waals surface area contributed by atoms with Crippen molar-refractivity contribution in [1.82, 2.24) is 15.5 Å². The van der Waals surface area contributed by atoms with Gasteiger partial charge in [0, 0.05) is 19.1 Å². The van der Waals surface area contributed by atoms with Gasteiger partial charge in [-0.3, -0.25) is 0 Å².